The van der Waals surface area contributed by atoms with Gasteiger partial charge in [-0.2, -0.15) is 0 Å². The standard InChI is InChI=1S/C21H31BrO5/c1-11(24)27-19-16(22)9-15-18-14(4-6-21(15,19)10-23)20(2)5-3-13(25)7-12(20)8-17(18)26/h8,13-19,23,25-26H,3-7,9-10H2,1-2H3/t13-,14?,15?,16+,17-,18?,19-,20-,21+/m0/s1. The summed E-state index contributed by atoms with van der Waals surface area (Å²) in [5.41, 5.74) is 0.723. The Morgan fingerprint density at radius 1 is 1.30 bits per heavy atom. The van der Waals surface area contributed by atoms with E-state index in [0.717, 1.165) is 32.1 Å². The SMILES string of the molecule is CC(=O)O[C@H]1[C@H](Br)CC2C3C(CC[C@@]21CO)[C@@]1(C)CC[C@H](O)CC1=C[C@@H]3O. The molecule has 5 nitrogen and oxygen atoms in total. The van der Waals surface area contributed by atoms with Gasteiger partial charge in [0.15, 0.2) is 0 Å². The summed E-state index contributed by atoms with van der Waals surface area (Å²) in [5.74, 6) is 0.169. The van der Waals surface area contributed by atoms with Crippen LogP contribution in [0.2, 0.25) is 0 Å². The smallest absolute Gasteiger partial charge is 0.302 e. The van der Waals surface area contributed by atoms with E-state index in [-0.39, 0.29) is 46.9 Å². The van der Waals surface area contributed by atoms with Crippen molar-refractivity contribution < 1.29 is 24.9 Å². The molecule has 4 aliphatic carbocycles. The number of esters is 1. The van der Waals surface area contributed by atoms with Crippen molar-refractivity contribution >= 4 is 21.9 Å². The van der Waals surface area contributed by atoms with E-state index in [0.29, 0.717) is 12.3 Å². The molecule has 4 aliphatic rings. The lowest BCUT2D eigenvalue weighted by molar-refractivity contribution is -0.166. The summed E-state index contributed by atoms with van der Waals surface area (Å²) < 4.78 is 5.67. The van der Waals surface area contributed by atoms with E-state index >= 15 is 0 Å². The molecule has 3 saturated carbocycles. The number of aliphatic hydroxyl groups excluding tert-OH is 3. The number of carbonyl (C=O) groups excluding carboxylic acids is 1. The first-order chi connectivity index (χ1) is 12.7. The van der Waals surface area contributed by atoms with Crippen molar-refractivity contribution in [2.75, 3.05) is 6.61 Å². The van der Waals surface area contributed by atoms with Crippen LogP contribution >= 0.6 is 15.9 Å². The number of hydrogen-bond acceptors (Lipinski definition) is 5. The van der Waals surface area contributed by atoms with Crippen LogP contribution < -0.4 is 0 Å². The molecule has 9 atom stereocenters. The number of fused-ring (bicyclic) bond motifs is 5. The van der Waals surface area contributed by atoms with Crippen LogP contribution in [0.15, 0.2) is 11.6 Å². The van der Waals surface area contributed by atoms with E-state index in [4.69, 9.17) is 4.74 Å². The first kappa shape index (κ1) is 19.9. The number of aliphatic hydroxyl groups is 3. The predicted octanol–water partition coefficient (Wildman–Crippen LogP) is 2.56. The van der Waals surface area contributed by atoms with Gasteiger partial charge >= 0.3 is 5.97 Å². The average Bonchev–Trinajstić information content (AvgIpc) is 2.88. The normalized spacial score (nSPS) is 51.6. The zero-order chi connectivity index (χ0) is 19.6. The van der Waals surface area contributed by atoms with Gasteiger partial charge in [0.25, 0.3) is 0 Å². The summed E-state index contributed by atoms with van der Waals surface area (Å²) >= 11 is 3.71. The molecule has 0 heterocycles. The van der Waals surface area contributed by atoms with Gasteiger partial charge in [0.05, 0.1) is 23.6 Å². The maximum atomic E-state index is 11.7. The fourth-order valence-corrected chi connectivity index (χ4v) is 8.07. The Kier molecular flexibility index (Phi) is 5.02. The van der Waals surface area contributed by atoms with Crippen LogP contribution in [0, 0.1) is 28.6 Å². The van der Waals surface area contributed by atoms with Crippen molar-refractivity contribution in [3.8, 4) is 0 Å². The molecule has 0 bridgehead atoms. The Hall–Kier alpha value is -0.430. The molecule has 3 N–H and O–H groups in total. The van der Waals surface area contributed by atoms with Crippen LogP contribution in [-0.2, 0) is 9.53 Å². The number of halogens is 1. The average molecular weight is 443 g/mol. The molecule has 0 spiro atoms. The lowest BCUT2D eigenvalue weighted by atomic mass is 9.47. The maximum absolute atomic E-state index is 11.7. The highest BCUT2D eigenvalue weighted by Crippen LogP contribution is 2.66. The van der Waals surface area contributed by atoms with Crippen molar-refractivity contribution in [1.29, 1.82) is 0 Å². The van der Waals surface area contributed by atoms with Gasteiger partial charge in [-0.15, -0.1) is 0 Å². The second-order valence-corrected chi connectivity index (χ2v) is 10.7. The van der Waals surface area contributed by atoms with Crippen LogP contribution in [0.4, 0.5) is 0 Å². The second-order valence-electron chi connectivity index (χ2n) is 9.50. The number of hydrogen-bond donors (Lipinski definition) is 3. The van der Waals surface area contributed by atoms with Crippen LogP contribution in [0.3, 0.4) is 0 Å². The fourth-order valence-electron chi connectivity index (χ4n) is 7.03. The molecular formula is C21H31BrO5. The molecule has 3 fully saturated rings. The lowest BCUT2D eigenvalue weighted by Gasteiger charge is -2.59. The third kappa shape index (κ3) is 2.85. The number of ether oxygens (including phenoxy) is 1. The maximum Gasteiger partial charge on any atom is 0.302 e. The summed E-state index contributed by atoms with van der Waals surface area (Å²) in [6, 6.07) is 0. The third-order valence-corrected chi connectivity index (χ3v) is 9.17. The van der Waals surface area contributed by atoms with E-state index in [1.165, 1.54) is 12.5 Å². The van der Waals surface area contributed by atoms with Gasteiger partial charge in [-0.05, 0) is 61.7 Å². The summed E-state index contributed by atoms with van der Waals surface area (Å²) in [4.78, 5) is 11.7. The van der Waals surface area contributed by atoms with Crippen LogP contribution in [0.5, 0.6) is 0 Å². The highest BCUT2D eigenvalue weighted by molar-refractivity contribution is 9.09. The van der Waals surface area contributed by atoms with Crippen molar-refractivity contribution in [3.05, 3.63) is 11.6 Å². The summed E-state index contributed by atoms with van der Waals surface area (Å²) in [5, 5.41) is 31.6. The van der Waals surface area contributed by atoms with E-state index in [1.807, 2.05) is 6.08 Å². The van der Waals surface area contributed by atoms with Crippen LogP contribution in [0.25, 0.3) is 0 Å². The molecule has 0 aromatic carbocycles. The van der Waals surface area contributed by atoms with E-state index < -0.39 is 11.5 Å². The molecule has 27 heavy (non-hydrogen) atoms. The molecular weight excluding hydrogens is 412 g/mol. The molecule has 152 valence electrons. The van der Waals surface area contributed by atoms with Crippen LogP contribution in [-0.4, -0.2) is 51.0 Å². The summed E-state index contributed by atoms with van der Waals surface area (Å²) in [6.45, 7) is 3.69. The largest absolute Gasteiger partial charge is 0.461 e. The predicted molar refractivity (Wildman–Crippen MR) is 104 cm³/mol. The molecule has 0 radical (unpaired) electrons. The van der Waals surface area contributed by atoms with Gasteiger partial charge in [0.1, 0.15) is 6.10 Å². The topological polar surface area (TPSA) is 87.0 Å². The van der Waals surface area contributed by atoms with Gasteiger partial charge < -0.3 is 20.1 Å². The zero-order valence-corrected chi connectivity index (χ0v) is 17.7. The van der Waals surface area contributed by atoms with Gasteiger partial charge in [-0.25, -0.2) is 0 Å². The molecule has 6 heteroatoms. The molecule has 4 rings (SSSR count). The van der Waals surface area contributed by atoms with Gasteiger partial charge in [-0.3, -0.25) is 4.79 Å². The molecule has 0 saturated heterocycles. The van der Waals surface area contributed by atoms with Crippen molar-refractivity contribution in [2.24, 2.45) is 28.6 Å². The Morgan fingerprint density at radius 3 is 2.70 bits per heavy atom. The number of rotatable bonds is 2. The summed E-state index contributed by atoms with van der Waals surface area (Å²) in [7, 11) is 0. The molecule has 0 aromatic heterocycles. The first-order valence-electron chi connectivity index (χ1n) is 10.2. The molecule has 0 amide bonds. The lowest BCUT2D eigenvalue weighted by Crippen LogP contribution is -2.57. The monoisotopic (exact) mass is 442 g/mol. The quantitative estimate of drug-likeness (QED) is 0.347. The fraction of sp³-hybridized carbons (Fsp3) is 0.857. The minimum Gasteiger partial charge on any atom is -0.461 e. The van der Waals surface area contributed by atoms with E-state index in [1.54, 1.807) is 0 Å². The summed E-state index contributed by atoms with van der Waals surface area (Å²) in [6.07, 6.45) is 5.65. The van der Waals surface area contributed by atoms with Crippen molar-refractivity contribution in [1.82, 2.24) is 0 Å². The Morgan fingerprint density at radius 2 is 2.04 bits per heavy atom. The minimum atomic E-state index is -0.574. The van der Waals surface area contributed by atoms with Crippen LogP contribution in [0.1, 0.15) is 52.4 Å². The van der Waals surface area contributed by atoms with E-state index in [2.05, 4.69) is 22.9 Å². The Bertz CT molecular complexity index is 650. The van der Waals surface area contributed by atoms with E-state index in [9.17, 15) is 20.1 Å². The highest BCUT2D eigenvalue weighted by Gasteiger charge is 2.65. The number of carbonyl (C=O) groups is 1. The third-order valence-electron chi connectivity index (χ3n) is 8.32. The highest BCUT2D eigenvalue weighted by atomic mass is 79.9. The Balaban J connectivity index is 1.72. The molecule has 0 aliphatic heterocycles. The zero-order valence-electron chi connectivity index (χ0n) is 16.1. The Labute approximate surface area is 169 Å². The molecule has 0 aromatic rings. The van der Waals surface area contributed by atoms with Crippen molar-refractivity contribution in [2.45, 2.75) is 75.5 Å². The van der Waals surface area contributed by atoms with Gasteiger partial charge in [0, 0.05) is 12.3 Å². The van der Waals surface area contributed by atoms with Crippen molar-refractivity contribution in [3.63, 3.8) is 0 Å². The second kappa shape index (κ2) is 6.82. The van der Waals surface area contributed by atoms with Gasteiger partial charge in [-0.1, -0.05) is 34.5 Å². The van der Waals surface area contributed by atoms with Gasteiger partial charge in [0.2, 0.25) is 0 Å². The molecule has 3 unspecified atom stereocenters. The number of alkyl halides is 1. The first-order valence-corrected chi connectivity index (χ1v) is 11.1. The minimum absolute atomic E-state index is 0.00383.